The van der Waals surface area contributed by atoms with E-state index in [1.165, 1.54) is 12.1 Å². The molecule has 1 atom stereocenters. The molecule has 0 aromatic heterocycles. The average molecular weight is 330 g/mol. The van der Waals surface area contributed by atoms with Crippen LogP contribution in [0.15, 0.2) is 22.7 Å². The Labute approximate surface area is 119 Å². The van der Waals surface area contributed by atoms with Crippen molar-refractivity contribution in [1.82, 2.24) is 0 Å². The summed E-state index contributed by atoms with van der Waals surface area (Å²) in [6.45, 7) is 3.91. The summed E-state index contributed by atoms with van der Waals surface area (Å²) < 4.78 is 0.573. The van der Waals surface area contributed by atoms with Crippen LogP contribution in [0.25, 0.3) is 0 Å². The maximum atomic E-state index is 11.8. The molecule has 0 saturated carbocycles. The molecule has 1 unspecified atom stereocenters. The third-order valence-corrected chi connectivity index (χ3v) is 2.97. The van der Waals surface area contributed by atoms with Gasteiger partial charge in [-0.05, 0) is 24.5 Å². The van der Waals surface area contributed by atoms with Crippen LogP contribution in [-0.2, 0) is 4.79 Å². The van der Waals surface area contributed by atoms with Crippen molar-refractivity contribution in [1.29, 1.82) is 0 Å². The van der Waals surface area contributed by atoms with Gasteiger partial charge in [0.05, 0.1) is 11.0 Å². The first-order chi connectivity index (χ1) is 8.81. The summed E-state index contributed by atoms with van der Waals surface area (Å²) in [5.74, 6) is -0.139. The summed E-state index contributed by atoms with van der Waals surface area (Å²) in [6, 6.07) is 3.76. The molecule has 104 valence electrons. The molecule has 19 heavy (non-hydrogen) atoms. The zero-order valence-corrected chi connectivity index (χ0v) is 12.3. The SMILES string of the molecule is CC(C)CC(N)C(=O)Nc1ccc(Br)cc1[N+](=O)[O-]. The second kappa shape index (κ2) is 6.63. The Kier molecular flexibility index (Phi) is 5.44. The van der Waals surface area contributed by atoms with Gasteiger partial charge in [0.1, 0.15) is 5.69 Å². The lowest BCUT2D eigenvalue weighted by molar-refractivity contribution is -0.384. The van der Waals surface area contributed by atoms with E-state index in [0.29, 0.717) is 10.9 Å². The van der Waals surface area contributed by atoms with Gasteiger partial charge in [-0.15, -0.1) is 0 Å². The Morgan fingerprint density at radius 1 is 1.53 bits per heavy atom. The van der Waals surface area contributed by atoms with Crippen LogP contribution in [-0.4, -0.2) is 16.9 Å². The molecule has 0 saturated heterocycles. The topological polar surface area (TPSA) is 98.3 Å². The molecule has 0 fully saturated rings. The van der Waals surface area contributed by atoms with Crippen LogP contribution in [0.3, 0.4) is 0 Å². The van der Waals surface area contributed by atoms with Crippen LogP contribution in [0, 0.1) is 16.0 Å². The number of nitrogens with one attached hydrogen (secondary N) is 1. The van der Waals surface area contributed by atoms with Crippen molar-refractivity contribution in [3.63, 3.8) is 0 Å². The van der Waals surface area contributed by atoms with E-state index in [1.54, 1.807) is 6.07 Å². The Morgan fingerprint density at radius 3 is 2.68 bits per heavy atom. The maximum Gasteiger partial charge on any atom is 0.293 e. The number of nitrogens with zero attached hydrogens (tertiary/aromatic N) is 1. The van der Waals surface area contributed by atoms with E-state index in [1.807, 2.05) is 13.8 Å². The molecule has 0 spiro atoms. The van der Waals surface area contributed by atoms with Crippen molar-refractivity contribution in [2.45, 2.75) is 26.3 Å². The number of halogens is 1. The first-order valence-electron chi connectivity index (χ1n) is 5.81. The van der Waals surface area contributed by atoms with Gasteiger partial charge in [0.25, 0.3) is 5.69 Å². The summed E-state index contributed by atoms with van der Waals surface area (Å²) in [6.07, 6.45) is 0.524. The number of carbonyl (C=O) groups excluding carboxylic acids is 1. The number of hydrogen-bond donors (Lipinski definition) is 2. The van der Waals surface area contributed by atoms with Gasteiger partial charge in [-0.3, -0.25) is 14.9 Å². The fourth-order valence-electron chi connectivity index (χ4n) is 1.60. The zero-order valence-electron chi connectivity index (χ0n) is 10.7. The molecule has 6 nitrogen and oxygen atoms in total. The van der Waals surface area contributed by atoms with Crippen molar-refractivity contribution in [2.24, 2.45) is 11.7 Å². The van der Waals surface area contributed by atoms with Crippen molar-refractivity contribution < 1.29 is 9.72 Å². The molecular formula is C12H16BrN3O3. The van der Waals surface area contributed by atoms with E-state index >= 15 is 0 Å². The number of hydrogen-bond acceptors (Lipinski definition) is 4. The third kappa shape index (κ3) is 4.60. The van der Waals surface area contributed by atoms with E-state index in [0.717, 1.165) is 0 Å². The number of benzene rings is 1. The van der Waals surface area contributed by atoms with Crippen LogP contribution in [0.5, 0.6) is 0 Å². The standard InChI is InChI=1S/C12H16BrN3O3/c1-7(2)5-9(14)12(17)15-10-4-3-8(13)6-11(10)16(18)19/h3-4,6-7,9H,5,14H2,1-2H3,(H,15,17). The lowest BCUT2D eigenvalue weighted by Crippen LogP contribution is -2.36. The van der Waals surface area contributed by atoms with Gasteiger partial charge in [0.2, 0.25) is 5.91 Å². The van der Waals surface area contributed by atoms with Gasteiger partial charge in [0.15, 0.2) is 0 Å². The average Bonchev–Trinajstić information content (AvgIpc) is 2.30. The summed E-state index contributed by atoms with van der Waals surface area (Å²) >= 11 is 3.15. The van der Waals surface area contributed by atoms with Gasteiger partial charge in [0, 0.05) is 10.5 Å². The molecule has 1 rings (SSSR count). The Bertz CT molecular complexity index is 491. The Hall–Kier alpha value is -1.47. The highest BCUT2D eigenvalue weighted by atomic mass is 79.9. The predicted molar refractivity (Wildman–Crippen MR) is 76.9 cm³/mol. The molecule has 0 aliphatic heterocycles. The predicted octanol–water partition coefficient (Wildman–Crippen LogP) is 2.67. The van der Waals surface area contributed by atoms with Gasteiger partial charge < -0.3 is 11.1 Å². The molecule has 1 aromatic carbocycles. The smallest absolute Gasteiger partial charge is 0.293 e. The van der Waals surface area contributed by atoms with E-state index in [-0.39, 0.29) is 17.3 Å². The molecule has 0 bridgehead atoms. The highest BCUT2D eigenvalue weighted by molar-refractivity contribution is 9.10. The summed E-state index contributed by atoms with van der Waals surface area (Å²) in [7, 11) is 0. The fraction of sp³-hybridized carbons (Fsp3) is 0.417. The van der Waals surface area contributed by atoms with Crippen LogP contribution >= 0.6 is 15.9 Å². The summed E-state index contributed by atoms with van der Waals surface area (Å²) in [4.78, 5) is 22.2. The molecule has 0 radical (unpaired) electrons. The summed E-state index contributed by atoms with van der Waals surface area (Å²) in [5.41, 5.74) is 5.71. The molecule has 7 heteroatoms. The zero-order chi connectivity index (χ0) is 14.6. The highest BCUT2D eigenvalue weighted by Gasteiger charge is 2.20. The third-order valence-electron chi connectivity index (χ3n) is 2.48. The first-order valence-corrected chi connectivity index (χ1v) is 6.61. The quantitative estimate of drug-likeness (QED) is 0.640. The number of nitrogens with two attached hydrogens (primary N) is 1. The minimum absolute atomic E-state index is 0.150. The lowest BCUT2D eigenvalue weighted by Gasteiger charge is -2.14. The van der Waals surface area contributed by atoms with Gasteiger partial charge >= 0.3 is 0 Å². The number of anilines is 1. The Balaban J connectivity index is 2.87. The normalized spacial score (nSPS) is 12.3. The van der Waals surface area contributed by atoms with Crippen LogP contribution in [0.4, 0.5) is 11.4 Å². The van der Waals surface area contributed by atoms with Crippen molar-refractivity contribution in [3.05, 3.63) is 32.8 Å². The maximum absolute atomic E-state index is 11.8. The van der Waals surface area contributed by atoms with Gasteiger partial charge in [-0.1, -0.05) is 29.8 Å². The van der Waals surface area contributed by atoms with E-state index < -0.39 is 16.9 Å². The second-order valence-corrected chi connectivity index (χ2v) is 5.56. The number of rotatable bonds is 5. The Morgan fingerprint density at radius 2 is 2.16 bits per heavy atom. The number of nitro groups is 1. The number of amides is 1. The minimum Gasteiger partial charge on any atom is -0.320 e. The second-order valence-electron chi connectivity index (χ2n) is 4.64. The largest absolute Gasteiger partial charge is 0.320 e. The molecule has 0 aliphatic rings. The summed E-state index contributed by atoms with van der Waals surface area (Å²) in [5, 5.41) is 13.4. The fourth-order valence-corrected chi connectivity index (χ4v) is 1.95. The molecule has 3 N–H and O–H groups in total. The van der Waals surface area contributed by atoms with Crippen molar-refractivity contribution in [3.8, 4) is 0 Å². The molecule has 0 aliphatic carbocycles. The van der Waals surface area contributed by atoms with Crippen LogP contribution < -0.4 is 11.1 Å². The number of carbonyl (C=O) groups is 1. The number of nitro benzene ring substituents is 1. The van der Waals surface area contributed by atoms with Gasteiger partial charge in [-0.25, -0.2) is 0 Å². The lowest BCUT2D eigenvalue weighted by atomic mass is 10.0. The van der Waals surface area contributed by atoms with E-state index in [9.17, 15) is 14.9 Å². The molecule has 0 heterocycles. The van der Waals surface area contributed by atoms with Crippen molar-refractivity contribution >= 4 is 33.2 Å². The molecule has 1 amide bonds. The van der Waals surface area contributed by atoms with Gasteiger partial charge in [-0.2, -0.15) is 0 Å². The van der Waals surface area contributed by atoms with Crippen molar-refractivity contribution in [2.75, 3.05) is 5.32 Å². The molecular weight excluding hydrogens is 314 g/mol. The van der Waals surface area contributed by atoms with E-state index in [2.05, 4.69) is 21.2 Å². The minimum atomic E-state index is -0.678. The van der Waals surface area contributed by atoms with Crippen LogP contribution in [0.2, 0.25) is 0 Å². The monoisotopic (exact) mass is 329 g/mol. The molecule has 1 aromatic rings. The van der Waals surface area contributed by atoms with Crippen LogP contribution in [0.1, 0.15) is 20.3 Å². The van der Waals surface area contributed by atoms with E-state index in [4.69, 9.17) is 5.73 Å². The highest BCUT2D eigenvalue weighted by Crippen LogP contribution is 2.28. The first kappa shape index (κ1) is 15.6.